The minimum Gasteiger partial charge on any atom is -0.334 e. The van der Waals surface area contributed by atoms with E-state index in [9.17, 15) is 4.39 Å². The fourth-order valence-corrected chi connectivity index (χ4v) is 3.37. The summed E-state index contributed by atoms with van der Waals surface area (Å²) in [4.78, 5) is 4.77. The van der Waals surface area contributed by atoms with Gasteiger partial charge < -0.3 is 4.57 Å². The quantitative estimate of drug-likeness (QED) is 0.573. The first-order chi connectivity index (χ1) is 11.6. The molecule has 2 nitrogen and oxygen atoms in total. The van der Waals surface area contributed by atoms with Crippen molar-refractivity contribution in [2.45, 2.75) is 39.7 Å². The van der Waals surface area contributed by atoms with Crippen LogP contribution >= 0.6 is 12.4 Å². The first-order valence-corrected chi connectivity index (χ1v) is 8.55. The monoisotopic (exact) mass is 356 g/mol. The van der Waals surface area contributed by atoms with Crippen molar-refractivity contribution in [3.63, 3.8) is 0 Å². The molecule has 4 heteroatoms. The smallest absolute Gasteiger partial charge is 0.126 e. The predicted molar refractivity (Wildman–Crippen MR) is 103 cm³/mol. The zero-order valence-electron chi connectivity index (χ0n) is 14.6. The first-order valence-electron chi connectivity index (χ1n) is 8.55. The SMILES string of the molecule is Cc1cc(-c2ccc(-c3cn4c(n3)CCCC4)cc2)cc(F)c1C.Cl. The van der Waals surface area contributed by atoms with Crippen LogP contribution in [0.2, 0.25) is 0 Å². The van der Waals surface area contributed by atoms with Gasteiger partial charge in [0.2, 0.25) is 0 Å². The summed E-state index contributed by atoms with van der Waals surface area (Å²) in [5.74, 6) is 1.05. The van der Waals surface area contributed by atoms with E-state index in [2.05, 4.69) is 35.0 Å². The average molecular weight is 357 g/mol. The highest BCUT2D eigenvalue weighted by Gasteiger charge is 2.13. The van der Waals surface area contributed by atoms with Crippen molar-refractivity contribution in [2.75, 3.05) is 0 Å². The van der Waals surface area contributed by atoms with Crippen molar-refractivity contribution < 1.29 is 4.39 Å². The summed E-state index contributed by atoms with van der Waals surface area (Å²) in [6.45, 7) is 4.84. The Morgan fingerprint density at radius 3 is 2.36 bits per heavy atom. The van der Waals surface area contributed by atoms with E-state index >= 15 is 0 Å². The Labute approximate surface area is 154 Å². The Bertz CT molecular complexity index is 850. The molecule has 2 heterocycles. The van der Waals surface area contributed by atoms with Gasteiger partial charge in [0.15, 0.2) is 0 Å². The molecule has 0 saturated carbocycles. The lowest BCUT2D eigenvalue weighted by atomic mass is 9.99. The topological polar surface area (TPSA) is 17.8 Å². The lowest BCUT2D eigenvalue weighted by molar-refractivity contribution is 0.522. The highest BCUT2D eigenvalue weighted by Crippen LogP contribution is 2.28. The lowest BCUT2D eigenvalue weighted by Gasteiger charge is -2.11. The number of benzene rings is 2. The molecule has 0 bridgehead atoms. The zero-order chi connectivity index (χ0) is 16.7. The van der Waals surface area contributed by atoms with Gasteiger partial charge in [0.25, 0.3) is 0 Å². The fraction of sp³-hybridized carbons (Fsp3) is 0.286. The molecule has 0 radical (unpaired) electrons. The molecular formula is C21H22ClFN2. The molecule has 25 heavy (non-hydrogen) atoms. The molecule has 0 atom stereocenters. The number of fused-ring (bicyclic) bond motifs is 1. The average Bonchev–Trinajstić information content (AvgIpc) is 3.03. The number of rotatable bonds is 2. The number of aryl methyl sites for hydroxylation is 3. The maximum atomic E-state index is 14.0. The largest absolute Gasteiger partial charge is 0.334 e. The standard InChI is InChI=1S/C21H21FN2.ClH/c1-14-11-18(12-19(22)15(14)2)16-6-8-17(9-7-16)20-13-24-10-4-3-5-21(24)23-20;/h6-9,11-13H,3-5,10H2,1-2H3;1H. The van der Waals surface area contributed by atoms with Crippen LogP contribution in [0.5, 0.6) is 0 Å². The Morgan fingerprint density at radius 1 is 0.960 bits per heavy atom. The van der Waals surface area contributed by atoms with E-state index in [-0.39, 0.29) is 18.2 Å². The zero-order valence-corrected chi connectivity index (χ0v) is 15.4. The number of hydrogen-bond donors (Lipinski definition) is 0. The van der Waals surface area contributed by atoms with Crippen LogP contribution in [0.4, 0.5) is 4.39 Å². The number of halogens is 2. The van der Waals surface area contributed by atoms with Crippen LogP contribution in [0.1, 0.15) is 29.8 Å². The van der Waals surface area contributed by atoms with E-state index in [0.29, 0.717) is 0 Å². The van der Waals surface area contributed by atoms with Crippen LogP contribution in [-0.2, 0) is 13.0 Å². The van der Waals surface area contributed by atoms with E-state index in [1.807, 2.05) is 19.9 Å². The molecule has 0 amide bonds. The summed E-state index contributed by atoms with van der Waals surface area (Å²) in [6, 6.07) is 11.9. The first kappa shape index (κ1) is 17.7. The van der Waals surface area contributed by atoms with Crippen LogP contribution in [0.3, 0.4) is 0 Å². The number of aromatic nitrogens is 2. The maximum absolute atomic E-state index is 14.0. The van der Waals surface area contributed by atoms with Gasteiger partial charge in [0.05, 0.1) is 5.69 Å². The third-order valence-electron chi connectivity index (χ3n) is 5.03. The van der Waals surface area contributed by atoms with Crippen molar-refractivity contribution in [1.29, 1.82) is 0 Å². The minimum absolute atomic E-state index is 0. The molecule has 0 fully saturated rings. The summed E-state index contributed by atoms with van der Waals surface area (Å²) in [5, 5.41) is 0. The normalized spacial score (nSPS) is 13.2. The van der Waals surface area contributed by atoms with Gasteiger partial charge in [-0.1, -0.05) is 30.3 Å². The number of hydrogen-bond acceptors (Lipinski definition) is 1. The van der Waals surface area contributed by atoms with Gasteiger partial charge >= 0.3 is 0 Å². The lowest BCUT2D eigenvalue weighted by Crippen LogP contribution is -2.08. The Morgan fingerprint density at radius 2 is 1.68 bits per heavy atom. The third-order valence-corrected chi connectivity index (χ3v) is 5.03. The maximum Gasteiger partial charge on any atom is 0.126 e. The second-order valence-electron chi connectivity index (χ2n) is 6.67. The summed E-state index contributed by atoms with van der Waals surface area (Å²) in [6.07, 6.45) is 5.69. The van der Waals surface area contributed by atoms with Gasteiger partial charge in [-0.3, -0.25) is 0 Å². The summed E-state index contributed by atoms with van der Waals surface area (Å²) in [5.41, 5.74) is 5.81. The van der Waals surface area contributed by atoms with Crippen molar-refractivity contribution in [3.8, 4) is 22.4 Å². The molecule has 2 aromatic carbocycles. The van der Waals surface area contributed by atoms with E-state index < -0.39 is 0 Å². The second-order valence-corrected chi connectivity index (χ2v) is 6.67. The minimum atomic E-state index is -0.143. The Balaban J connectivity index is 0.00000182. The van der Waals surface area contributed by atoms with Gasteiger partial charge in [-0.05, 0) is 55.0 Å². The predicted octanol–water partition coefficient (Wildman–Crippen LogP) is 5.73. The van der Waals surface area contributed by atoms with Crippen molar-refractivity contribution in [1.82, 2.24) is 9.55 Å². The second kappa shape index (κ2) is 7.01. The van der Waals surface area contributed by atoms with E-state index in [1.165, 1.54) is 18.7 Å². The highest BCUT2D eigenvalue weighted by atomic mass is 35.5. The Hall–Kier alpha value is -2.13. The van der Waals surface area contributed by atoms with E-state index in [4.69, 9.17) is 4.98 Å². The van der Waals surface area contributed by atoms with Gasteiger partial charge in [0, 0.05) is 24.7 Å². The molecule has 0 spiro atoms. The van der Waals surface area contributed by atoms with Gasteiger partial charge in [-0.15, -0.1) is 12.4 Å². The Kier molecular flexibility index (Phi) is 4.96. The molecule has 0 aliphatic carbocycles. The highest BCUT2D eigenvalue weighted by molar-refractivity contribution is 5.85. The van der Waals surface area contributed by atoms with Crippen molar-refractivity contribution in [3.05, 3.63) is 65.4 Å². The summed E-state index contributed by atoms with van der Waals surface area (Å²) >= 11 is 0. The van der Waals surface area contributed by atoms with Crippen LogP contribution in [0.25, 0.3) is 22.4 Å². The van der Waals surface area contributed by atoms with E-state index in [1.54, 1.807) is 6.07 Å². The van der Waals surface area contributed by atoms with Crippen molar-refractivity contribution >= 4 is 12.4 Å². The molecule has 1 aromatic heterocycles. The molecule has 130 valence electrons. The molecule has 3 aromatic rings. The van der Waals surface area contributed by atoms with Crippen LogP contribution < -0.4 is 0 Å². The molecule has 1 aliphatic rings. The van der Waals surface area contributed by atoms with Crippen LogP contribution in [-0.4, -0.2) is 9.55 Å². The summed E-state index contributed by atoms with van der Waals surface area (Å²) < 4.78 is 16.3. The molecule has 1 aliphatic heterocycles. The molecule has 4 rings (SSSR count). The van der Waals surface area contributed by atoms with Gasteiger partial charge in [-0.25, -0.2) is 9.37 Å². The molecule has 0 unspecified atom stereocenters. The number of nitrogens with zero attached hydrogens (tertiary/aromatic N) is 2. The van der Waals surface area contributed by atoms with Gasteiger partial charge in [-0.2, -0.15) is 0 Å². The summed E-state index contributed by atoms with van der Waals surface area (Å²) in [7, 11) is 0. The number of imidazole rings is 1. The van der Waals surface area contributed by atoms with Crippen molar-refractivity contribution in [2.24, 2.45) is 0 Å². The van der Waals surface area contributed by atoms with Crippen LogP contribution in [0, 0.1) is 19.7 Å². The van der Waals surface area contributed by atoms with Crippen LogP contribution in [0.15, 0.2) is 42.6 Å². The fourth-order valence-electron chi connectivity index (χ4n) is 3.37. The molecule has 0 N–H and O–H groups in total. The molecule has 0 saturated heterocycles. The van der Waals surface area contributed by atoms with Gasteiger partial charge in [0.1, 0.15) is 11.6 Å². The third kappa shape index (κ3) is 3.34. The van der Waals surface area contributed by atoms with E-state index in [0.717, 1.165) is 46.5 Å². The molecular weight excluding hydrogens is 335 g/mol.